The second-order valence-corrected chi connectivity index (χ2v) is 6.69. The molecule has 2 aromatic rings. The molecule has 0 radical (unpaired) electrons. The zero-order chi connectivity index (χ0) is 19.1. The Morgan fingerprint density at radius 1 is 1.04 bits per heavy atom. The van der Waals surface area contributed by atoms with Gasteiger partial charge in [0.2, 0.25) is 0 Å². The molecule has 0 aliphatic carbocycles. The second-order valence-electron chi connectivity index (χ2n) is 6.69. The van der Waals surface area contributed by atoms with Crippen LogP contribution in [0.15, 0.2) is 48.5 Å². The van der Waals surface area contributed by atoms with Crippen molar-refractivity contribution in [3.8, 4) is 11.8 Å². The van der Waals surface area contributed by atoms with Gasteiger partial charge < -0.3 is 9.64 Å². The van der Waals surface area contributed by atoms with Gasteiger partial charge in [-0.05, 0) is 55.3 Å². The van der Waals surface area contributed by atoms with Crippen LogP contribution in [0.5, 0.6) is 5.75 Å². The van der Waals surface area contributed by atoms with Gasteiger partial charge in [0.05, 0.1) is 18.2 Å². The molecule has 1 aliphatic heterocycles. The van der Waals surface area contributed by atoms with Crippen LogP contribution in [0.25, 0.3) is 0 Å². The maximum Gasteiger partial charge on any atom is 0.253 e. The molecule has 1 saturated heterocycles. The smallest absolute Gasteiger partial charge is 0.253 e. The van der Waals surface area contributed by atoms with Crippen molar-refractivity contribution in [2.24, 2.45) is 0 Å². The van der Waals surface area contributed by atoms with Crippen LogP contribution in [0, 0.1) is 11.3 Å². The Hall–Kier alpha value is -2.84. The van der Waals surface area contributed by atoms with Crippen LogP contribution in [0.1, 0.15) is 34.8 Å². The topological polar surface area (TPSA) is 56.6 Å². The number of hydrogen-bond donors (Lipinski definition) is 0. The van der Waals surface area contributed by atoms with Crippen LogP contribution in [-0.2, 0) is 6.54 Å². The summed E-state index contributed by atoms with van der Waals surface area (Å²) in [5.74, 6) is 0.872. The van der Waals surface area contributed by atoms with Crippen molar-refractivity contribution in [3.05, 3.63) is 65.2 Å². The van der Waals surface area contributed by atoms with E-state index >= 15 is 0 Å². The number of carbonyl (C=O) groups excluding carboxylic acids is 1. The normalized spacial score (nSPS) is 15.0. The molecule has 0 N–H and O–H groups in total. The minimum atomic E-state index is 0.0817. The minimum absolute atomic E-state index is 0.0817. The van der Waals surface area contributed by atoms with Crippen LogP contribution >= 0.6 is 0 Å². The molecule has 0 atom stereocenters. The summed E-state index contributed by atoms with van der Waals surface area (Å²) in [6.45, 7) is 6.72. The third kappa shape index (κ3) is 5.08. The number of rotatable bonds is 5. The van der Waals surface area contributed by atoms with E-state index in [0.29, 0.717) is 17.7 Å². The molecule has 1 amide bonds. The second kappa shape index (κ2) is 9.20. The summed E-state index contributed by atoms with van der Waals surface area (Å²) in [5, 5.41) is 8.90. The van der Waals surface area contributed by atoms with E-state index in [4.69, 9.17) is 10.00 Å². The molecular weight excluding hydrogens is 338 g/mol. The zero-order valence-corrected chi connectivity index (χ0v) is 15.7. The van der Waals surface area contributed by atoms with Crippen LogP contribution in [0.3, 0.4) is 0 Å². The minimum Gasteiger partial charge on any atom is -0.494 e. The molecule has 1 heterocycles. The predicted molar refractivity (Wildman–Crippen MR) is 105 cm³/mol. The van der Waals surface area contributed by atoms with Crippen molar-refractivity contribution < 1.29 is 9.53 Å². The van der Waals surface area contributed by atoms with Crippen LogP contribution in [0.2, 0.25) is 0 Å². The number of nitriles is 1. The van der Waals surface area contributed by atoms with E-state index < -0.39 is 0 Å². The lowest BCUT2D eigenvalue weighted by atomic mass is 10.1. The molecule has 1 aliphatic rings. The average Bonchev–Trinajstić information content (AvgIpc) is 2.94. The highest BCUT2D eigenvalue weighted by atomic mass is 16.5. The Bertz CT molecular complexity index is 794. The van der Waals surface area contributed by atoms with Crippen molar-refractivity contribution in [2.45, 2.75) is 19.9 Å². The van der Waals surface area contributed by atoms with Crippen LogP contribution in [0.4, 0.5) is 0 Å². The standard InChI is InChI=1S/C22H25N3O2/c1-2-27-21-10-8-20(9-11-21)22(26)25-13-3-12-24(14-15-25)17-19-6-4-18(16-23)5-7-19/h4-11H,2-3,12-15,17H2,1H3. The molecule has 0 aromatic heterocycles. The molecule has 27 heavy (non-hydrogen) atoms. The van der Waals surface area contributed by atoms with E-state index in [1.807, 2.05) is 60.4 Å². The number of benzene rings is 2. The Balaban J connectivity index is 1.57. The lowest BCUT2D eigenvalue weighted by molar-refractivity contribution is 0.0761. The lowest BCUT2D eigenvalue weighted by Crippen LogP contribution is -2.35. The highest BCUT2D eigenvalue weighted by Crippen LogP contribution is 2.16. The molecule has 0 bridgehead atoms. The fourth-order valence-electron chi connectivity index (χ4n) is 3.32. The van der Waals surface area contributed by atoms with Gasteiger partial charge in [-0.3, -0.25) is 9.69 Å². The first kappa shape index (κ1) is 18.9. The molecule has 2 aromatic carbocycles. The summed E-state index contributed by atoms with van der Waals surface area (Å²) < 4.78 is 5.44. The fourth-order valence-corrected chi connectivity index (χ4v) is 3.32. The summed E-state index contributed by atoms with van der Waals surface area (Å²) in [5.41, 5.74) is 2.58. The van der Waals surface area contributed by atoms with Crippen LogP contribution in [-0.4, -0.2) is 48.5 Å². The average molecular weight is 363 g/mol. The maximum atomic E-state index is 12.8. The maximum absolute atomic E-state index is 12.8. The van der Waals surface area contributed by atoms with Gasteiger partial charge >= 0.3 is 0 Å². The summed E-state index contributed by atoms with van der Waals surface area (Å²) in [6, 6.07) is 17.3. The Morgan fingerprint density at radius 3 is 2.44 bits per heavy atom. The first-order valence-electron chi connectivity index (χ1n) is 9.43. The lowest BCUT2D eigenvalue weighted by Gasteiger charge is -2.22. The van der Waals surface area contributed by atoms with Crippen molar-refractivity contribution >= 4 is 5.91 Å². The van der Waals surface area contributed by atoms with Gasteiger partial charge in [-0.15, -0.1) is 0 Å². The predicted octanol–water partition coefficient (Wildman–Crippen LogP) is 3.31. The van der Waals surface area contributed by atoms with Gasteiger partial charge in [-0.2, -0.15) is 5.26 Å². The number of nitrogens with zero attached hydrogens (tertiary/aromatic N) is 3. The Labute approximate surface area is 160 Å². The molecule has 3 rings (SSSR count). The summed E-state index contributed by atoms with van der Waals surface area (Å²) >= 11 is 0. The third-order valence-electron chi connectivity index (χ3n) is 4.78. The first-order chi connectivity index (χ1) is 13.2. The Kier molecular flexibility index (Phi) is 6.45. The van der Waals surface area contributed by atoms with E-state index in [1.54, 1.807) is 0 Å². The van der Waals surface area contributed by atoms with E-state index in [-0.39, 0.29) is 5.91 Å². The van der Waals surface area contributed by atoms with E-state index in [2.05, 4.69) is 11.0 Å². The molecule has 1 fully saturated rings. The summed E-state index contributed by atoms with van der Waals surface area (Å²) in [4.78, 5) is 17.1. The van der Waals surface area contributed by atoms with Gasteiger partial charge in [0.1, 0.15) is 5.75 Å². The van der Waals surface area contributed by atoms with Crippen molar-refractivity contribution in [2.75, 3.05) is 32.8 Å². The quantitative estimate of drug-likeness (QED) is 0.818. The summed E-state index contributed by atoms with van der Waals surface area (Å²) in [7, 11) is 0. The molecular formula is C22H25N3O2. The summed E-state index contributed by atoms with van der Waals surface area (Å²) in [6.07, 6.45) is 0.957. The zero-order valence-electron chi connectivity index (χ0n) is 15.7. The molecule has 5 heteroatoms. The number of hydrogen-bond acceptors (Lipinski definition) is 4. The molecule has 0 unspecified atom stereocenters. The van der Waals surface area contributed by atoms with Gasteiger partial charge in [0, 0.05) is 38.3 Å². The number of carbonyl (C=O) groups is 1. The van der Waals surface area contributed by atoms with Crippen molar-refractivity contribution in [1.82, 2.24) is 9.80 Å². The Morgan fingerprint density at radius 2 is 1.78 bits per heavy atom. The van der Waals surface area contributed by atoms with E-state index in [9.17, 15) is 4.79 Å². The monoisotopic (exact) mass is 363 g/mol. The third-order valence-corrected chi connectivity index (χ3v) is 4.78. The largest absolute Gasteiger partial charge is 0.494 e. The van der Waals surface area contributed by atoms with E-state index in [1.165, 1.54) is 5.56 Å². The fraction of sp³-hybridized carbons (Fsp3) is 0.364. The molecule has 5 nitrogen and oxygen atoms in total. The van der Waals surface area contributed by atoms with Gasteiger partial charge in [0.25, 0.3) is 5.91 Å². The van der Waals surface area contributed by atoms with Gasteiger partial charge in [-0.25, -0.2) is 0 Å². The van der Waals surface area contributed by atoms with Gasteiger partial charge in [-0.1, -0.05) is 12.1 Å². The van der Waals surface area contributed by atoms with Crippen molar-refractivity contribution in [3.63, 3.8) is 0 Å². The van der Waals surface area contributed by atoms with E-state index in [0.717, 1.165) is 44.9 Å². The first-order valence-corrected chi connectivity index (χ1v) is 9.43. The highest BCUT2D eigenvalue weighted by molar-refractivity contribution is 5.94. The number of ether oxygens (including phenoxy) is 1. The number of amides is 1. The molecule has 0 saturated carbocycles. The van der Waals surface area contributed by atoms with Gasteiger partial charge in [0.15, 0.2) is 0 Å². The molecule has 0 spiro atoms. The SMILES string of the molecule is CCOc1ccc(C(=O)N2CCCN(Cc3ccc(C#N)cc3)CC2)cc1. The van der Waals surface area contributed by atoms with Crippen molar-refractivity contribution in [1.29, 1.82) is 5.26 Å². The molecule has 140 valence electrons. The highest BCUT2D eigenvalue weighted by Gasteiger charge is 2.20. The van der Waals surface area contributed by atoms with Crippen LogP contribution < -0.4 is 4.74 Å².